The summed E-state index contributed by atoms with van der Waals surface area (Å²) in [7, 11) is -3.68. The van der Waals surface area contributed by atoms with Crippen LogP contribution in [0.25, 0.3) is 0 Å². The molecule has 1 N–H and O–H groups in total. The number of hydrogen-bond acceptors (Lipinski definition) is 5. The highest BCUT2D eigenvalue weighted by Crippen LogP contribution is 2.26. The van der Waals surface area contributed by atoms with Crippen LogP contribution in [0.5, 0.6) is 0 Å². The molecule has 2 heterocycles. The predicted molar refractivity (Wildman–Crippen MR) is 91.2 cm³/mol. The van der Waals surface area contributed by atoms with Crippen LogP contribution in [0.1, 0.15) is 29.9 Å². The van der Waals surface area contributed by atoms with E-state index in [2.05, 4.69) is 10.5 Å². The Kier molecular flexibility index (Phi) is 4.91. The molecule has 1 aliphatic heterocycles. The quantitative estimate of drug-likeness (QED) is 0.874. The van der Waals surface area contributed by atoms with Crippen LogP contribution in [0.4, 0.5) is 0 Å². The summed E-state index contributed by atoms with van der Waals surface area (Å²) in [6, 6.07) is 7.52. The first-order chi connectivity index (χ1) is 11.9. The van der Waals surface area contributed by atoms with Crippen molar-refractivity contribution < 1.29 is 17.7 Å². The Morgan fingerprint density at radius 3 is 2.68 bits per heavy atom. The van der Waals surface area contributed by atoms with Crippen molar-refractivity contribution in [2.45, 2.75) is 44.2 Å². The Hall–Kier alpha value is -2.19. The van der Waals surface area contributed by atoms with Crippen molar-refractivity contribution in [2.24, 2.45) is 0 Å². The molecular formula is C17H21N3O4S. The second kappa shape index (κ2) is 6.97. The largest absolute Gasteiger partial charge is 0.361 e. The normalized spacial score (nSPS) is 18.4. The van der Waals surface area contributed by atoms with Gasteiger partial charge in [0, 0.05) is 18.7 Å². The fourth-order valence-corrected chi connectivity index (χ4v) is 4.74. The first-order valence-corrected chi connectivity index (χ1v) is 9.61. The second-order valence-corrected chi connectivity index (χ2v) is 8.00. The van der Waals surface area contributed by atoms with Gasteiger partial charge < -0.3 is 9.84 Å². The molecule has 1 aromatic carbocycles. The van der Waals surface area contributed by atoms with Crippen LogP contribution < -0.4 is 5.32 Å². The van der Waals surface area contributed by atoms with Gasteiger partial charge in [0.25, 0.3) is 0 Å². The number of carbonyl (C=O) groups is 1. The number of aromatic nitrogens is 1. The number of nitrogens with zero attached hydrogens (tertiary/aromatic N) is 2. The van der Waals surface area contributed by atoms with Gasteiger partial charge in [-0.25, -0.2) is 8.42 Å². The maximum Gasteiger partial charge on any atom is 0.243 e. The summed E-state index contributed by atoms with van der Waals surface area (Å²) >= 11 is 0. The molecule has 0 aliphatic carbocycles. The Balaban J connectivity index is 1.74. The van der Waals surface area contributed by atoms with E-state index in [4.69, 9.17) is 4.52 Å². The van der Waals surface area contributed by atoms with E-state index >= 15 is 0 Å². The number of carbonyl (C=O) groups excluding carboxylic acids is 1. The van der Waals surface area contributed by atoms with Gasteiger partial charge in [-0.05, 0) is 38.8 Å². The third kappa shape index (κ3) is 3.45. The second-order valence-electron chi connectivity index (χ2n) is 6.11. The Morgan fingerprint density at radius 1 is 1.32 bits per heavy atom. The SMILES string of the molecule is Cc1noc(C)c1CNC(=O)C1CCCN1S(=O)(=O)c1ccccc1. The number of sulfonamides is 1. The average Bonchev–Trinajstić information content (AvgIpc) is 3.22. The number of aryl methyl sites for hydroxylation is 2. The average molecular weight is 363 g/mol. The molecule has 1 aromatic heterocycles. The van der Waals surface area contributed by atoms with E-state index in [9.17, 15) is 13.2 Å². The predicted octanol–water partition coefficient (Wildman–Crippen LogP) is 1.76. The molecule has 3 rings (SSSR count). The van der Waals surface area contributed by atoms with Crippen LogP contribution >= 0.6 is 0 Å². The van der Waals surface area contributed by atoms with Gasteiger partial charge in [-0.2, -0.15) is 4.31 Å². The van der Waals surface area contributed by atoms with Gasteiger partial charge in [-0.3, -0.25) is 4.79 Å². The van der Waals surface area contributed by atoms with Crippen LogP contribution in [-0.4, -0.2) is 36.4 Å². The van der Waals surface area contributed by atoms with Crippen molar-refractivity contribution in [3.8, 4) is 0 Å². The van der Waals surface area contributed by atoms with E-state index in [1.54, 1.807) is 44.2 Å². The molecular weight excluding hydrogens is 342 g/mol. The van der Waals surface area contributed by atoms with Gasteiger partial charge in [-0.15, -0.1) is 0 Å². The van der Waals surface area contributed by atoms with E-state index in [1.807, 2.05) is 0 Å². The van der Waals surface area contributed by atoms with Crippen molar-refractivity contribution in [1.82, 2.24) is 14.8 Å². The zero-order valence-corrected chi connectivity index (χ0v) is 15.0. The number of hydrogen-bond donors (Lipinski definition) is 1. The highest BCUT2D eigenvalue weighted by molar-refractivity contribution is 7.89. The lowest BCUT2D eigenvalue weighted by atomic mass is 10.2. The van der Waals surface area contributed by atoms with Crippen LogP contribution in [0, 0.1) is 13.8 Å². The minimum Gasteiger partial charge on any atom is -0.361 e. The van der Waals surface area contributed by atoms with E-state index in [0.29, 0.717) is 25.1 Å². The summed E-state index contributed by atoms with van der Waals surface area (Å²) in [6.07, 6.45) is 1.18. The maximum atomic E-state index is 12.8. The maximum absolute atomic E-state index is 12.8. The summed E-state index contributed by atoms with van der Waals surface area (Å²) in [5.74, 6) is 0.356. The molecule has 1 unspecified atom stereocenters. The molecule has 0 saturated carbocycles. The molecule has 1 aliphatic rings. The zero-order chi connectivity index (χ0) is 18.0. The highest BCUT2D eigenvalue weighted by atomic mass is 32.2. The molecule has 0 spiro atoms. The summed E-state index contributed by atoms with van der Waals surface area (Å²) in [4.78, 5) is 12.8. The van der Waals surface area contributed by atoms with Gasteiger partial charge in [0.15, 0.2) is 0 Å². The summed E-state index contributed by atoms with van der Waals surface area (Å²) in [5.41, 5.74) is 1.54. The Labute approximate surface area is 147 Å². The van der Waals surface area contributed by atoms with Gasteiger partial charge in [0.1, 0.15) is 11.8 Å². The summed E-state index contributed by atoms with van der Waals surface area (Å²) in [5, 5.41) is 6.67. The van der Waals surface area contributed by atoms with Crippen LogP contribution in [-0.2, 0) is 21.4 Å². The molecule has 134 valence electrons. The monoisotopic (exact) mass is 363 g/mol. The first kappa shape index (κ1) is 17.6. The molecule has 0 radical (unpaired) electrons. The van der Waals surface area contributed by atoms with Gasteiger partial charge in [-0.1, -0.05) is 23.4 Å². The number of nitrogens with one attached hydrogen (secondary N) is 1. The molecule has 25 heavy (non-hydrogen) atoms. The van der Waals surface area contributed by atoms with Crippen molar-refractivity contribution in [1.29, 1.82) is 0 Å². The topological polar surface area (TPSA) is 92.5 Å². The van der Waals surface area contributed by atoms with Gasteiger partial charge in [0.2, 0.25) is 15.9 Å². The van der Waals surface area contributed by atoms with Crippen molar-refractivity contribution in [3.63, 3.8) is 0 Å². The van der Waals surface area contributed by atoms with Crippen molar-refractivity contribution >= 4 is 15.9 Å². The van der Waals surface area contributed by atoms with Crippen LogP contribution in [0.2, 0.25) is 0 Å². The lowest BCUT2D eigenvalue weighted by molar-refractivity contribution is -0.124. The molecule has 7 nitrogen and oxygen atoms in total. The van der Waals surface area contributed by atoms with E-state index < -0.39 is 16.1 Å². The van der Waals surface area contributed by atoms with Crippen molar-refractivity contribution in [2.75, 3.05) is 6.54 Å². The van der Waals surface area contributed by atoms with Crippen LogP contribution in [0.3, 0.4) is 0 Å². The summed E-state index contributed by atoms with van der Waals surface area (Å²) < 4.78 is 32.0. The number of rotatable bonds is 5. The molecule has 1 saturated heterocycles. The fraction of sp³-hybridized carbons (Fsp3) is 0.412. The molecule has 2 aromatic rings. The third-order valence-electron chi connectivity index (χ3n) is 4.48. The Morgan fingerprint density at radius 2 is 2.04 bits per heavy atom. The lowest BCUT2D eigenvalue weighted by Crippen LogP contribution is -2.45. The standard InChI is InChI=1S/C17H21N3O4S/c1-12-15(13(2)24-19-12)11-18-17(21)16-9-6-10-20(16)25(22,23)14-7-4-3-5-8-14/h3-5,7-8,16H,6,9-11H2,1-2H3,(H,18,21). The minimum absolute atomic E-state index is 0.209. The smallest absolute Gasteiger partial charge is 0.243 e. The fourth-order valence-electron chi connectivity index (χ4n) is 3.07. The van der Waals surface area contributed by atoms with Crippen LogP contribution in [0.15, 0.2) is 39.8 Å². The lowest BCUT2D eigenvalue weighted by Gasteiger charge is -2.23. The van der Waals surface area contributed by atoms with Crippen molar-refractivity contribution in [3.05, 3.63) is 47.3 Å². The van der Waals surface area contributed by atoms with E-state index in [1.165, 1.54) is 4.31 Å². The molecule has 1 fully saturated rings. The molecule has 1 atom stereocenters. The van der Waals surface area contributed by atoms with Gasteiger partial charge in [0.05, 0.1) is 10.6 Å². The third-order valence-corrected chi connectivity index (χ3v) is 6.40. The minimum atomic E-state index is -3.68. The number of benzene rings is 1. The van der Waals surface area contributed by atoms with Gasteiger partial charge >= 0.3 is 0 Å². The summed E-state index contributed by atoms with van der Waals surface area (Å²) in [6.45, 7) is 4.21. The molecule has 0 bridgehead atoms. The number of amides is 1. The zero-order valence-electron chi connectivity index (χ0n) is 14.2. The molecule has 8 heteroatoms. The Bertz CT molecular complexity index is 842. The molecule has 1 amide bonds. The van der Waals surface area contributed by atoms with E-state index in [-0.39, 0.29) is 17.3 Å². The first-order valence-electron chi connectivity index (χ1n) is 8.17. The van der Waals surface area contributed by atoms with E-state index in [0.717, 1.165) is 11.3 Å². The highest BCUT2D eigenvalue weighted by Gasteiger charge is 2.39.